The van der Waals surface area contributed by atoms with E-state index in [1.807, 2.05) is 0 Å². The number of unbranched alkanes of at least 4 members (excludes halogenated alkanes) is 5. The summed E-state index contributed by atoms with van der Waals surface area (Å²) < 4.78 is 5.19. The topological polar surface area (TPSA) is 78.3 Å². The quantitative estimate of drug-likeness (QED) is 0.428. The van der Waals surface area contributed by atoms with Gasteiger partial charge in [-0.3, -0.25) is 0 Å². The van der Waals surface area contributed by atoms with Gasteiger partial charge in [-0.1, -0.05) is 39.0 Å². The maximum absolute atomic E-state index is 11.7. The van der Waals surface area contributed by atoms with Crippen LogP contribution in [0, 0.1) is 0 Å². The molecular formula is C15H24N2O2. The van der Waals surface area contributed by atoms with Crippen molar-refractivity contribution in [3.05, 3.63) is 23.8 Å². The highest BCUT2D eigenvalue weighted by molar-refractivity contribution is 5.91. The zero-order valence-electron chi connectivity index (χ0n) is 11.7. The number of esters is 1. The second-order valence-electron chi connectivity index (χ2n) is 4.75. The van der Waals surface area contributed by atoms with Gasteiger partial charge in [0.2, 0.25) is 0 Å². The van der Waals surface area contributed by atoms with E-state index in [-0.39, 0.29) is 5.97 Å². The Morgan fingerprint density at radius 1 is 1.05 bits per heavy atom. The predicted molar refractivity (Wildman–Crippen MR) is 78.9 cm³/mol. The molecule has 0 saturated heterocycles. The van der Waals surface area contributed by atoms with Gasteiger partial charge in [-0.15, -0.1) is 0 Å². The highest BCUT2D eigenvalue weighted by Crippen LogP contribution is 2.16. The summed E-state index contributed by atoms with van der Waals surface area (Å²) in [7, 11) is 0. The number of nitrogen functional groups attached to an aromatic ring is 2. The molecule has 0 aliphatic rings. The van der Waals surface area contributed by atoms with Crippen LogP contribution in [0.5, 0.6) is 0 Å². The lowest BCUT2D eigenvalue weighted by Crippen LogP contribution is -2.07. The number of hydrogen-bond donors (Lipinski definition) is 2. The summed E-state index contributed by atoms with van der Waals surface area (Å²) in [5.74, 6) is -0.333. The summed E-state index contributed by atoms with van der Waals surface area (Å²) in [6.45, 7) is 2.66. The molecule has 0 amide bonds. The standard InChI is InChI=1S/C15H24N2O2/c1-2-3-4-5-6-7-10-19-15(18)12-8-9-13(16)14(17)11-12/h8-9,11H,2-7,10,16-17H2,1H3. The largest absolute Gasteiger partial charge is 0.462 e. The van der Waals surface area contributed by atoms with Gasteiger partial charge in [0.05, 0.1) is 23.5 Å². The number of carbonyl (C=O) groups is 1. The molecular weight excluding hydrogens is 240 g/mol. The van der Waals surface area contributed by atoms with E-state index < -0.39 is 0 Å². The fraction of sp³-hybridized carbons (Fsp3) is 0.533. The first-order chi connectivity index (χ1) is 9.15. The highest BCUT2D eigenvalue weighted by atomic mass is 16.5. The molecule has 0 spiro atoms. The maximum Gasteiger partial charge on any atom is 0.338 e. The van der Waals surface area contributed by atoms with Gasteiger partial charge in [0.25, 0.3) is 0 Å². The van der Waals surface area contributed by atoms with E-state index in [1.165, 1.54) is 25.7 Å². The number of rotatable bonds is 8. The Labute approximate surface area is 115 Å². The SMILES string of the molecule is CCCCCCCCOC(=O)c1ccc(N)c(N)c1. The number of hydrogen-bond acceptors (Lipinski definition) is 4. The van der Waals surface area contributed by atoms with Gasteiger partial charge in [0.1, 0.15) is 0 Å². The molecule has 0 radical (unpaired) electrons. The molecule has 0 unspecified atom stereocenters. The normalized spacial score (nSPS) is 10.4. The van der Waals surface area contributed by atoms with Crippen molar-refractivity contribution in [1.82, 2.24) is 0 Å². The van der Waals surface area contributed by atoms with Crippen molar-refractivity contribution in [2.75, 3.05) is 18.1 Å². The molecule has 0 heterocycles. The molecule has 0 aliphatic carbocycles. The van der Waals surface area contributed by atoms with Crippen LogP contribution in [0.3, 0.4) is 0 Å². The maximum atomic E-state index is 11.7. The zero-order valence-corrected chi connectivity index (χ0v) is 11.7. The Bertz CT molecular complexity index is 405. The molecule has 1 rings (SSSR count). The van der Waals surface area contributed by atoms with Crippen LogP contribution >= 0.6 is 0 Å². The van der Waals surface area contributed by atoms with Crippen LogP contribution in [-0.2, 0) is 4.74 Å². The van der Waals surface area contributed by atoms with Crippen LogP contribution in [-0.4, -0.2) is 12.6 Å². The summed E-state index contributed by atoms with van der Waals surface area (Å²) in [4.78, 5) is 11.7. The third kappa shape index (κ3) is 5.64. The Morgan fingerprint density at radius 3 is 2.42 bits per heavy atom. The summed E-state index contributed by atoms with van der Waals surface area (Å²) in [6.07, 6.45) is 7.02. The molecule has 0 aliphatic heterocycles. The lowest BCUT2D eigenvalue weighted by atomic mass is 10.1. The predicted octanol–water partition coefficient (Wildman–Crippen LogP) is 3.37. The minimum Gasteiger partial charge on any atom is -0.462 e. The smallest absolute Gasteiger partial charge is 0.338 e. The monoisotopic (exact) mass is 264 g/mol. The summed E-state index contributed by atoms with van der Waals surface area (Å²) >= 11 is 0. The highest BCUT2D eigenvalue weighted by Gasteiger charge is 2.08. The Balaban J connectivity index is 2.22. The lowest BCUT2D eigenvalue weighted by Gasteiger charge is -2.06. The van der Waals surface area contributed by atoms with Gasteiger partial charge < -0.3 is 16.2 Å². The molecule has 4 N–H and O–H groups in total. The van der Waals surface area contributed by atoms with E-state index in [1.54, 1.807) is 18.2 Å². The van der Waals surface area contributed by atoms with Gasteiger partial charge in [0, 0.05) is 0 Å². The molecule has 1 aromatic carbocycles. The van der Waals surface area contributed by atoms with Crippen molar-refractivity contribution in [2.24, 2.45) is 0 Å². The second-order valence-corrected chi connectivity index (χ2v) is 4.75. The van der Waals surface area contributed by atoms with Gasteiger partial charge >= 0.3 is 5.97 Å². The van der Waals surface area contributed by atoms with Gasteiger partial charge in [-0.2, -0.15) is 0 Å². The van der Waals surface area contributed by atoms with E-state index >= 15 is 0 Å². The molecule has 1 aromatic rings. The van der Waals surface area contributed by atoms with E-state index in [0.717, 1.165) is 12.8 Å². The number of anilines is 2. The second kappa shape index (κ2) is 8.40. The van der Waals surface area contributed by atoms with Crippen molar-refractivity contribution < 1.29 is 9.53 Å². The van der Waals surface area contributed by atoms with Crippen LogP contribution in [0.15, 0.2) is 18.2 Å². The first-order valence-corrected chi connectivity index (χ1v) is 6.97. The van der Waals surface area contributed by atoms with Crippen molar-refractivity contribution in [3.8, 4) is 0 Å². The van der Waals surface area contributed by atoms with E-state index in [9.17, 15) is 4.79 Å². The first kappa shape index (κ1) is 15.3. The van der Waals surface area contributed by atoms with Gasteiger partial charge in [0.15, 0.2) is 0 Å². The third-order valence-electron chi connectivity index (χ3n) is 3.05. The van der Waals surface area contributed by atoms with Crippen LogP contribution in [0.2, 0.25) is 0 Å². The minimum atomic E-state index is -0.333. The Hall–Kier alpha value is -1.71. The fourth-order valence-electron chi connectivity index (χ4n) is 1.83. The Kier molecular flexibility index (Phi) is 6.79. The molecule has 0 fully saturated rings. The van der Waals surface area contributed by atoms with Crippen molar-refractivity contribution in [2.45, 2.75) is 45.4 Å². The fourth-order valence-corrected chi connectivity index (χ4v) is 1.83. The number of benzene rings is 1. The van der Waals surface area contributed by atoms with Crippen molar-refractivity contribution in [1.29, 1.82) is 0 Å². The molecule has 19 heavy (non-hydrogen) atoms. The molecule has 0 atom stereocenters. The third-order valence-corrected chi connectivity index (χ3v) is 3.05. The van der Waals surface area contributed by atoms with E-state index in [2.05, 4.69) is 6.92 Å². The Morgan fingerprint density at radius 2 is 1.74 bits per heavy atom. The first-order valence-electron chi connectivity index (χ1n) is 6.97. The average molecular weight is 264 g/mol. The number of carbonyl (C=O) groups excluding carboxylic acids is 1. The number of nitrogens with two attached hydrogens (primary N) is 2. The van der Waals surface area contributed by atoms with Crippen LogP contribution in [0.4, 0.5) is 11.4 Å². The van der Waals surface area contributed by atoms with Crippen LogP contribution in [0.1, 0.15) is 55.8 Å². The molecule has 0 bridgehead atoms. The van der Waals surface area contributed by atoms with Crippen molar-refractivity contribution in [3.63, 3.8) is 0 Å². The molecule has 0 aromatic heterocycles. The molecule has 0 saturated carbocycles. The molecule has 4 heteroatoms. The van der Waals surface area contributed by atoms with Gasteiger partial charge in [-0.05, 0) is 24.6 Å². The summed E-state index contributed by atoms with van der Waals surface area (Å²) in [6, 6.07) is 4.81. The summed E-state index contributed by atoms with van der Waals surface area (Å²) in [5, 5.41) is 0. The molecule has 106 valence electrons. The zero-order chi connectivity index (χ0) is 14.1. The minimum absolute atomic E-state index is 0.333. The number of ether oxygens (including phenoxy) is 1. The summed E-state index contributed by atoms with van der Waals surface area (Å²) in [5.41, 5.74) is 12.6. The van der Waals surface area contributed by atoms with E-state index in [0.29, 0.717) is 23.5 Å². The van der Waals surface area contributed by atoms with Crippen LogP contribution < -0.4 is 11.5 Å². The lowest BCUT2D eigenvalue weighted by molar-refractivity contribution is 0.0498. The van der Waals surface area contributed by atoms with Crippen LogP contribution in [0.25, 0.3) is 0 Å². The van der Waals surface area contributed by atoms with Gasteiger partial charge in [-0.25, -0.2) is 4.79 Å². The van der Waals surface area contributed by atoms with Crippen molar-refractivity contribution >= 4 is 17.3 Å². The van der Waals surface area contributed by atoms with E-state index in [4.69, 9.17) is 16.2 Å². The molecule has 4 nitrogen and oxygen atoms in total. The average Bonchev–Trinajstić information content (AvgIpc) is 2.40.